The van der Waals surface area contributed by atoms with E-state index in [4.69, 9.17) is 28.4 Å². The van der Waals surface area contributed by atoms with Crippen LogP contribution in [0, 0.1) is 0 Å². The predicted octanol–water partition coefficient (Wildman–Crippen LogP) is 5.78. The number of hydrogen-bond acceptors (Lipinski definition) is 7. The average molecular weight is 544 g/mol. The van der Waals surface area contributed by atoms with E-state index in [2.05, 4.69) is 21.2 Å². The minimum absolute atomic E-state index is 0.413. The quantitative estimate of drug-likeness (QED) is 0.404. The maximum atomic E-state index is 13.0. The lowest BCUT2D eigenvalue weighted by atomic mass is 9.94. The van der Waals surface area contributed by atoms with E-state index in [0.29, 0.717) is 35.1 Å². The Balaban J connectivity index is 1.60. The van der Waals surface area contributed by atoms with E-state index in [1.165, 1.54) is 21.3 Å². The second kappa shape index (κ2) is 10.8. The van der Waals surface area contributed by atoms with Gasteiger partial charge in [-0.1, -0.05) is 28.1 Å². The number of carbonyl (C=O) groups excluding carboxylic acids is 1. The van der Waals surface area contributed by atoms with Crippen molar-refractivity contribution in [1.29, 1.82) is 0 Å². The highest BCUT2D eigenvalue weighted by Crippen LogP contribution is 2.41. The van der Waals surface area contributed by atoms with E-state index >= 15 is 0 Å². The SMILES string of the molecule is COc1cccc([C@@H]2Oc3ccc(Br)cc3C[C@H]2OC(=O)Nc2cc(OC)c(OC)c(OC)c2)c1. The summed E-state index contributed by atoms with van der Waals surface area (Å²) < 4.78 is 34.6. The molecule has 1 amide bonds. The zero-order chi connectivity index (χ0) is 24.9. The highest BCUT2D eigenvalue weighted by molar-refractivity contribution is 9.10. The summed E-state index contributed by atoms with van der Waals surface area (Å²) >= 11 is 3.50. The molecule has 3 aromatic rings. The normalized spacial score (nSPS) is 16.4. The molecule has 1 aliphatic rings. The number of methoxy groups -OCH3 is 4. The number of rotatable bonds is 7. The van der Waals surface area contributed by atoms with Gasteiger partial charge in [-0.15, -0.1) is 0 Å². The van der Waals surface area contributed by atoms with Crippen LogP contribution in [-0.2, 0) is 11.2 Å². The molecular weight excluding hydrogens is 518 g/mol. The molecule has 9 heteroatoms. The third-order valence-electron chi connectivity index (χ3n) is 5.63. The third-order valence-corrected chi connectivity index (χ3v) is 6.12. The monoisotopic (exact) mass is 543 g/mol. The predicted molar refractivity (Wildman–Crippen MR) is 134 cm³/mol. The fourth-order valence-electron chi connectivity index (χ4n) is 4.00. The molecule has 35 heavy (non-hydrogen) atoms. The van der Waals surface area contributed by atoms with Gasteiger partial charge in [0, 0.05) is 23.0 Å². The average Bonchev–Trinajstić information content (AvgIpc) is 2.87. The van der Waals surface area contributed by atoms with Gasteiger partial charge < -0.3 is 28.4 Å². The first-order valence-corrected chi connectivity index (χ1v) is 11.6. The molecule has 0 aliphatic carbocycles. The zero-order valence-electron chi connectivity index (χ0n) is 19.8. The van der Waals surface area contributed by atoms with Gasteiger partial charge in [0.15, 0.2) is 17.6 Å². The van der Waals surface area contributed by atoms with Crippen LogP contribution >= 0.6 is 15.9 Å². The maximum absolute atomic E-state index is 13.0. The molecule has 0 unspecified atom stereocenters. The van der Waals surface area contributed by atoms with Crippen molar-refractivity contribution < 1.29 is 33.2 Å². The number of nitrogens with one attached hydrogen (secondary N) is 1. The van der Waals surface area contributed by atoms with Crippen molar-refractivity contribution in [2.24, 2.45) is 0 Å². The highest BCUT2D eigenvalue weighted by atomic mass is 79.9. The van der Waals surface area contributed by atoms with Crippen LogP contribution in [0.3, 0.4) is 0 Å². The summed E-state index contributed by atoms with van der Waals surface area (Å²) in [4.78, 5) is 13.0. The van der Waals surface area contributed by atoms with Gasteiger partial charge in [0.25, 0.3) is 0 Å². The Hall–Kier alpha value is -3.59. The van der Waals surface area contributed by atoms with Gasteiger partial charge in [0.05, 0.1) is 34.1 Å². The number of ether oxygens (including phenoxy) is 6. The number of fused-ring (bicyclic) bond motifs is 1. The summed E-state index contributed by atoms with van der Waals surface area (Å²) in [5.74, 6) is 2.68. The van der Waals surface area contributed by atoms with Gasteiger partial charge in [0.2, 0.25) is 5.75 Å². The van der Waals surface area contributed by atoms with Crippen molar-refractivity contribution in [2.45, 2.75) is 18.6 Å². The van der Waals surface area contributed by atoms with E-state index in [0.717, 1.165) is 21.3 Å². The largest absolute Gasteiger partial charge is 0.497 e. The van der Waals surface area contributed by atoms with Crippen LogP contribution in [0.15, 0.2) is 59.1 Å². The Bertz CT molecular complexity index is 1190. The van der Waals surface area contributed by atoms with E-state index in [-0.39, 0.29) is 0 Å². The van der Waals surface area contributed by atoms with Crippen LogP contribution in [0.1, 0.15) is 17.2 Å². The molecule has 0 saturated heterocycles. The second-order valence-corrected chi connectivity index (χ2v) is 8.67. The smallest absolute Gasteiger partial charge is 0.412 e. The molecule has 0 radical (unpaired) electrons. The molecule has 4 rings (SSSR count). The first kappa shape index (κ1) is 24.5. The Kier molecular flexibility index (Phi) is 7.55. The summed E-state index contributed by atoms with van der Waals surface area (Å²) in [6, 6.07) is 16.6. The first-order chi connectivity index (χ1) is 16.9. The summed E-state index contributed by atoms with van der Waals surface area (Å²) in [6.07, 6.45) is -1.28. The minimum Gasteiger partial charge on any atom is -0.497 e. The number of anilines is 1. The number of amides is 1. The summed E-state index contributed by atoms with van der Waals surface area (Å²) in [5, 5.41) is 2.75. The van der Waals surface area contributed by atoms with Gasteiger partial charge in [-0.2, -0.15) is 0 Å². The molecule has 184 valence electrons. The van der Waals surface area contributed by atoms with Gasteiger partial charge in [-0.25, -0.2) is 4.79 Å². The van der Waals surface area contributed by atoms with E-state index in [1.807, 2.05) is 42.5 Å². The van der Waals surface area contributed by atoms with Crippen LogP contribution in [0.25, 0.3) is 0 Å². The molecular formula is C26H26BrNO7. The van der Waals surface area contributed by atoms with Crippen molar-refractivity contribution in [2.75, 3.05) is 33.8 Å². The fraction of sp³-hybridized carbons (Fsp3) is 0.269. The van der Waals surface area contributed by atoms with Crippen molar-refractivity contribution >= 4 is 27.7 Å². The third kappa shape index (κ3) is 5.40. The maximum Gasteiger partial charge on any atom is 0.412 e. The highest BCUT2D eigenvalue weighted by Gasteiger charge is 2.35. The molecule has 2 atom stereocenters. The Labute approximate surface area is 212 Å². The zero-order valence-corrected chi connectivity index (χ0v) is 21.4. The molecule has 1 aliphatic heterocycles. The number of halogens is 1. The lowest BCUT2D eigenvalue weighted by Gasteiger charge is -2.33. The standard InChI is InChI=1S/C26H26BrNO7/c1-30-19-7-5-6-15(11-19)24-23(12-16-10-17(27)8-9-20(16)34-24)35-26(29)28-18-13-21(31-2)25(33-4)22(14-18)32-3/h5-11,13-14,23-24H,12H2,1-4H3,(H,28,29)/t23-,24+/m1/s1. The molecule has 0 aromatic heterocycles. The van der Waals surface area contributed by atoms with E-state index in [1.54, 1.807) is 19.2 Å². The fourth-order valence-corrected chi connectivity index (χ4v) is 4.41. The van der Waals surface area contributed by atoms with Crippen molar-refractivity contribution in [3.8, 4) is 28.7 Å². The molecule has 1 N–H and O–H groups in total. The Morgan fingerprint density at radius 1 is 0.943 bits per heavy atom. The van der Waals surface area contributed by atoms with Crippen LogP contribution in [0.5, 0.6) is 28.7 Å². The van der Waals surface area contributed by atoms with Crippen molar-refractivity contribution in [3.05, 3.63) is 70.2 Å². The van der Waals surface area contributed by atoms with Gasteiger partial charge >= 0.3 is 6.09 Å². The molecule has 0 spiro atoms. The lowest BCUT2D eigenvalue weighted by Crippen LogP contribution is -2.36. The van der Waals surface area contributed by atoms with Crippen molar-refractivity contribution in [1.82, 2.24) is 0 Å². The topological polar surface area (TPSA) is 84.5 Å². The molecule has 0 bridgehead atoms. The van der Waals surface area contributed by atoms with E-state index in [9.17, 15) is 4.79 Å². The van der Waals surface area contributed by atoms with Crippen molar-refractivity contribution in [3.63, 3.8) is 0 Å². The van der Waals surface area contributed by atoms with Crippen LogP contribution < -0.4 is 29.0 Å². The van der Waals surface area contributed by atoms with Crippen LogP contribution in [-0.4, -0.2) is 40.6 Å². The van der Waals surface area contributed by atoms with Gasteiger partial charge in [-0.05, 0) is 41.5 Å². The molecule has 0 fully saturated rings. The Morgan fingerprint density at radius 2 is 1.69 bits per heavy atom. The first-order valence-electron chi connectivity index (χ1n) is 10.8. The summed E-state index contributed by atoms with van der Waals surface area (Å²) in [5.41, 5.74) is 2.20. The van der Waals surface area contributed by atoms with Crippen LogP contribution in [0.2, 0.25) is 0 Å². The van der Waals surface area contributed by atoms with Crippen LogP contribution in [0.4, 0.5) is 10.5 Å². The number of carbonyl (C=O) groups is 1. The van der Waals surface area contributed by atoms with Gasteiger partial charge in [-0.3, -0.25) is 5.32 Å². The molecule has 1 heterocycles. The number of benzene rings is 3. The van der Waals surface area contributed by atoms with Gasteiger partial charge in [0.1, 0.15) is 17.6 Å². The minimum atomic E-state index is -0.640. The van der Waals surface area contributed by atoms with E-state index < -0.39 is 18.3 Å². The summed E-state index contributed by atoms with van der Waals surface area (Å²) in [6.45, 7) is 0. The lowest BCUT2D eigenvalue weighted by molar-refractivity contribution is 0.00883. The Morgan fingerprint density at radius 3 is 2.34 bits per heavy atom. The second-order valence-electron chi connectivity index (χ2n) is 7.75. The number of hydrogen-bond donors (Lipinski definition) is 1. The molecule has 3 aromatic carbocycles. The summed E-state index contributed by atoms with van der Waals surface area (Å²) in [7, 11) is 6.13. The molecule has 8 nitrogen and oxygen atoms in total. The molecule has 0 saturated carbocycles.